The Morgan fingerprint density at radius 3 is 2.34 bits per heavy atom. The van der Waals surface area contributed by atoms with Crippen LogP contribution in [0.1, 0.15) is 84.2 Å². The van der Waals surface area contributed by atoms with Gasteiger partial charge in [-0.2, -0.15) is 0 Å². The molecule has 4 aromatic rings. The fourth-order valence-electron chi connectivity index (χ4n) is 11.1. The summed E-state index contributed by atoms with van der Waals surface area (Å²) >= 11 is 0. The number of carbonyl (C=O) groups excluding carboxylic acids is 5. The largest absolute Gasteiger partial charge is 0.457 e. The number of amides is 1. The molecule has 62 heavy (non-hydrogen) atoms. The lowest BCUT2D eigenvalue weighted by molar-refractivity contribution is -0.219. The maximum absolute atomic E-state index is 17.5. The second kappa shape index (κ2) is 16.1. The number of halogens is 1. The number of esters is 2. The van der Waals surface area contributed by atoms with Gasteiger partial charge in [0.25, 0.3) is 0 Å². The van der Waals surface area contributed by atoms with Gasteiger partial charge in [-0.3, -0.25) is 19.4 Å². The molecule has 1 aromatic heterocycles. The summed E-state index contributed by atoms with van der Waals surface area (Å²) in [5, 5.41) is 28.7. The number of fused-ring (bicyclic) bond motifs is 6. The molecule has 5 N–H and O–H groups in total. The van der Waals surface area contributed by atoms with Crippen LogP contribution >= 0.6 is 0 Å². The number of aliphatic hydroxyl groups is 2. The SMILES string of the molecule is C[C@@H]1C[C@H]2[C@@H]3CCC4=CC(=O)C=C[C@]4(C)[C@@]3(F)[C@@H](O)C[C@]2(C)[C@@]1(O)C(=O)COC(=O)c1ccc(C(=O)OCc2ccc([C@@H](CN)C(=O)Nc3ccc4cnccc4c3)cc2)cc1. The zero-order chi connectivity index (χ0) is 44.2. The minimum Gasteiger partial charge on any atom is -0.457 e. The third kappa shape index (κ3) is 6.96. The minimum atomic E-state index is -2.11. The molecule has 0 unspecified atom stereocenters. The van der Waals surface area contributed by atoms with E-state index in [1.807, 2.05) is 18.2 Å². The summed E-state index contributed by atoms with van der Waals surface area (Å²) in [4.78, 5) is 69.4. The van der Waals surface area contributed by atoms with Crippen molar-refractivity contribution in [2.75, 3.05) is 18.5 Å². The lowest BCUT2D eigenvalue weighted by atomic mass is 9.44. The molecule has 3 saturated carbocycles. The van der Waals surface area contributed by atoms with Gasteiger partial charge in [0.1, 0.15) is 12.2 Å². The van der Waals surface area contributed by atoms with Crippen LogP contribution in [0.15, 0.2) is 109 Å². The molecule has 322 valence electrons. The third-order valence-electron chi connectivity index (χ3n) is 14.6. The Kier molecular flexibility index (Phi) is 11.1. The summed E-state index contributed by atoms with van der Waals surface area (Å²) in [5.41, 5.74) is 2.33. The van der Waals surface area contributed by atoms with Crippen LogP contribution in [-0.2, 0) is 30.5 Å². The smallest absolute Gasteiger partial charge is 0.338 e. The highest BCUT2D eigenvalue weighted by molar-refractivity contribution is 6.01. The first-order valence-electron chi connectivity index (χ1n) is 21.0. The number of hydrogen-bond acceptors (Lipinski definition) is 11. The van der Waals surface area contributed by atoms with Gasteiger partial charge in [0, 0.05) is 46.8 Å². The molecular weight excluding hydrogens is 794 g/mol. The van der Waals surface area contributed by atoms with Gasteiger partial charge in [-0.15, -0.1) is 0 Å². The van der Waals surface area contributed by atoms with Crippen molar-refractivity contribution in [2.45, 2.75) is 76.4 Å². The lowest BCUT2D eigenvalue weighted by Gasteiger charge is -2.62. The van der Waals surface area contributed by atoms with Crippen molar-refractivity contribution < 1.29 is 48.0 Å². The Balaban J connectivity index is 0.850. The van der Waals surface area contributed by atoms with Crippen molar-refractivity contribution in [3.63, 3.8) is 0 Å². The number of anilines is 1. The van der Waals surface area contributed by atoms with E-state index in [1.54, 1.807) is 69.6 Å². The molecule has 9 atom stereocenters. The Labute approximate surface area is 358 Å². The average molecular weight is 844 g/mol. The van der Waals surface area contributed by atoms with Crippen molar-refractivity contribution in [3.05, 3.63) is 131 Å². The van der Waals surface area contributed by atoms with E-state index in [0.29, 0.717) is 41.6 Å². The number of aromatic nitrogens is 1. The molecule has 12 nitrogen and oxygen atoms in total. The molecule has 3 fully saturated rings. The van der Waals surface area contributed by atoms with Crippen molar-refractivity contribution in [3.8, 4) is 0 Å². The Bertz CT molecular complexity index is 2520. The molecule has 8 rings (SSSR count). The van der Waals surface area contributed by atoms with Crippen LogP contribution in [0.2, 0.25) is 0 Å². The van der Waals surface area contributed by atoms with Gasteiger partial charge in [-0.05, 0) is 116 Å². The Morgan fingerprint density at radius 2 is 1.65 bits per heavy atom. The van der Waals surface area contributed by atoms with Crippen molar-refractivity contribution >= 4 is 45.9 Å². The second-order valence-corrected chi connectivity index (χ2v) is 17.8. The number of allylic oxidation sites excluding steroid dienone is 4. The van der Waals surface area contributed by atoms with E-state index in [1.165, 1.54) is 36.4 Å². The fourth-order valence-corrected chi connectivity index (χ4v) is 11.1. The van der Waals surface area contributed by atoms with E-state index in [0.717, 1.165) is 10.8 Å². The fraction of sp³-hybridized carbons (Fsp3) is 0.388. The maximum Gasteiger partial charge on any atom is 0.338 e. The van der Waals surface area contributed by atoms with Crippen LogP contribution in [0.3, 0.4) is 0 Å². The zero-order valence-electron chi connectivity index (χ0n) is 34.8. The first kappa shape index (κ1) is 42.8. The second-order valence-electron chi connectivity index (χ2n) is 17.8. The third-order valence-corrected chi connectivity index (χ3v) is 14.6. The molecule has 0 bridgehead atoms. The highest BCUT2D eigenvalue weighted by Gasteiger charge is 2.75. The van der Waals surface area contributed by atoms with Crippen LogP contribution in [0.25, 0.3) is 10.8 Å². The van der Waals surface area contributed by atoms with Crippen LogP contribution in [0, 0.1) is 28.6 Å². The quantitative estimate of drug-likeness (QED) is 0.123. The Hall–Kier alpha value is -5.89. The molecule has 1 amide bonds. The molecule has 0 radical (unpaired) electrons. The number of alkyl halides is 1. The van der Waals surface area contributed by atoms with Gasteiger partial charge in [0.2, 0.25) is 11.7 Å². The van der Waals surface area contributed by atoms with Gasteiger partial charge in [-0.25, -0.2) is 14.0 Å². The molecule has 1 heterocycles. The number of carbonyl (C=O) groups is 5. The number of ether oxygens (including phenoxy) is 2. The number of ketones is 2. The predicted octanol–water partition coefficient (Wildman–Crippen LogP) is 6.35. The number of hydrogen-bond donors (Lipinski definition) is 4. The van der Waals surface area contributed by atoms with Crippen molar-refractivity contribution in [2.24, 2.45) is 34.3 Å². The highest BCUT2D eigenvalue weighted by Crippen LogP contribution is 2.70. The van der Waals surface area contributed by atoms with Crippen LogP contribution in [0.4, 0.5) is 10.1 Å². The number of benzene rings is 3. The number of aliphatic hydroxyl groups excluding tert-OH is 1. The normalized spacial score (nSPS) is 30.3. The van der Waals surface area contributed by atoms with E-state index < -0.39 is 76.2 Å². The molecule has 0 saturated heterocycles. The first-order valence-corrected chi connectivity index (χ1v) is 21.0. The van der Waals surface area contributed by atoms with Gasteiger partial charge in [0.15, 0.2) is 18.1 Å². The van der Waals surface area contributed by atoms with E-state index in [2.05, 4.69) is 10.3 Å². The summed E-state index contributed by atoms with van der Waals surface area (Å²) < 4.78 is 28.4. The number of Topliss-reactive ketones (excluding diaryl/α,β-unsaturated/α-hetero) is 1. The highest BCUT2D eigenvalue weighted by atomic mass is 19.1. The molecule has 13 heteroatoms. The lowest BCUT2D eigenvalue weighted by Crippen LogP contribution is -2.69. The van der Waals surface area contributed by atoms with Crippen LogP contribution < -0.4 is 11.1 Å². The van der Waals surface area contributed by atoms with Gasteiger partial charge in [0.05, 0.1) is 23.1 Å². The predicted molar refractivity (Wildman–Crippen MR) is 227 cm³/mol. The molecular formula is C49H50FN3O9. The number of pyridine rings is 1. The summed E-state index contributed by atoms with van der Waals surface area (Å²) in [5.74, 6) is -5.09. The number of nitrogens with zero attached hydrogens (tertiary/aromatic N) is 1. The topological polar surface area (TPSA) is 195 Å². The van der Waals surface area contributed by atoms with E-state index in [-0.39, 0.29) is 42.4 Å². The molecule has 4 aliphatic carbocycles. The number of nitrogens with two attached hydrogens (primary N) is 1. The molecule has 4 aliphatic rings. The van der Waals surface area contributed by atoms with Gasteiger partial charge in [-0.1, -0.05) is 55.8 Å². The standard InChI is InChI=1S/C49H50FN3O9/c1-28-20-40-39-15-13-35-22-37(54)16-18-46(35,2)48(39,50)41(55)23-47(40,3)49(28,60)42(56)27-62-45(59)32-10-8-31(9-11-32)44(58)61-26-29-4-6-30(7-5-29)38(24-51)43(57)53-36-14-12-34-25-52-19-17-33(34)21-36/h4-12,14,16-19,21-22,25,28,38-41,55,60H,13,15,20,23-24,26-27,51H2,1-3H3,(H,53,57)/t28-,38-,39+,40+,41+,46+,47+,48+,49+/m1/s1. The summed E-state index contributed by atoms with van der Waals surface area (Å²) in [6, 6.07) is 20.0. The van der Waals surface area contributed by atoms with E-state index in [4.69, 9.17) is 15.2 Å². The summed E-state index contributed by atoms with van der Waals surface area (Å²) in [7, 11) is 0. The zero-order valence-corrected chi connectivity index (χ0v) is 34.8. The Morgan fingerprint density at radius 1 is 0.952 bits per heavy atom. The van der Waals surface area contributed by atoms with Gasteiger partial charge >= 0.3 is 11.9 Å². The monoisotopic (exact) mass is 843 g/mol. The van der Waals surface area contributed by atoms with E-state index in [9.17, 15) is 34.2 Å². The van der Waals surface area contributed by atoms with Gasteiger partial charge < -0.3 is 30.7 Å². The molecule has 3 aromatic carbocycles. The summed E-state index contributed by atoms with van der Waals surface area (Å²) in [6.07, 6.45) is 7.20. The van der Waals surface area contributed by atoms with E-state index >= 15 is 4.39 Å². The molecule has 0 spiro atoms. The van der Waals surface area contributed by atoms with Crippen molar-refractivity contribution in [1.82, 2.24) is 4.98 Å². The van der Waals surface area contributed by atoms with Crippen LogP contribution in [0.5, 0.6) is 0 Å². The summed E-state index contributed by atoms with van der Waals surface area (Å²) in [6.45, 7) is 4.42. The maximum atomic E-state index is 17.5. The average Bonchev–Trinajstić information content (AvgIpc) is 3.47. The number of rotatable bonds is 11. The van der Waals surface area contributed by atoms with Crippen LogP contribution in [-0.4, -0.2) is 75.1 Å². The molecule has 0 aliphatic heterocycles. The first-order chi connectivity index (χ1) is 29.5. The number of nitrogens with one attached hydrogen (secondary N) is 1. The van der Waals surface area contributed by atoms with Crippen molar-refractivity contribution in [1.29, 1.82) is 0 Å². The minimum absolute atomic E-state index is 0.0584.